The molecule has 7 heteroatoms. The maximum absolute atomic E-state index is 12.5. The van der Waals surface area contributed by atoms with Gasteiger partial charge in [0.05, 0.1) is 12.7 Å². The Morgan fingerprint density at radius 3 is 2.14 bits per heavy atom. The first kappa shape index (κ1) is 14.8. The zero-order chi connectivity index (χ0) is 15.5. The molecule has 4 nitrogen and oxygen atoms in total. The minimum absolute atomic E-state index is 0.0238. The summed E-state index contributed by atoms with van der Waals surface area (Å²) in [5.74, 6) is 0.689. The van der Waals surface area contributed by atoms with Crippen LogP contribution in [0.15, 0.2) is 47.6 Å². The molecule has 0 heterocycles. The summed E-state index contributed by atoms with van der Waals surface area (Å²) in [4.78, 5) is 10.7. The van der Waals surface area contributed by atoms with E-state index in [0.29, 0.717) is 5.75 Å². The number of hydrogen-bond donors (Lipinski definition) is 0. The first-order chi connectivity index (χ1) is 9.94. The van der Waals surface area contributed by atoms with E-state index in [0.717, 1.165) is 24.3 Å². The van der Waals surface area contributed by atoms with Crippen LogP contribution in [0.5, 0.6) is 17.2 Å². The average Bonchev–Trinajstić information content (AvgIpc) is 2.46. The summed E-state index contributed by atoms with van der Waals surface area (Å²) in [6, 6.07) is 8.46. The zero-order valence-electron chi connectivity index (χ0n) is 10.8. The number of nitroso groups, excluding NO2 is 1. The number of halogens is 3. The molecule has 0 aromatic heterocycles. The largest absolute Gasteiger partial charge is 0.497 e. The second kappa shape index (κ2) is 5.82. The summed E-state index contributed by atoms with van der Waals surface area (Å²) in [7, 11) is 1.44. The normalized spacial score (nSPS) is 11.0. The number of hydrogen-bond acceptors (Lipinski definition) is 4. The number of benzene rings is 2. The smallest absolute Gasteiger partial charge is 0.416 e. The maximum Gasteiger partial charge on any atom is 0.416 e. The topological polar surface area (TPSA) is 47.9 Å². The highest BCUT2D eigenvalue weighted by Gasteiger charge is 2.30. The van der Waals surface area contributed by atoms with E-state index in [2.05, 4.69) is 5.18 Å². The molecule has 110 valence electrons. The molecule has 0 aliphatic rings. The van der Waals surface area contributed by atoms with Crippen molar-refractivity contribution in [2.24, 2.45) is 5.18 Å². The van der Waals surface area contributed by atoms with E-state index in [1.165, 1.54) is 25.3 Å². The van der Waals surface area contributed by atoms with Crippen LogP contribution in [0.3, 0.4) is 0 Å². The van der Waals surface area contributed by atoms with E-state index in [9.17, 15) is 18.1 Å². The quantitative estimate of drug-likeness (QED) is 0.754. The van der Waals surface area contributed by atoms with Crippen LogP contribution < -0.4 is 9.47 Å². The van der Waals surface area contributed by atoms with Crippen LogP contribution >= 0.6 is 0 Å². The van der Waals surface area contributed by atoms with E-state index >= 15 is 0 Å². The molecular formula is C14H10F3NO3. The van der Waals surface area contributed by atoms with E-state index < -0.39 is 11.7 Å². The molecule has 0 aliphatic heterocycles. The summed E-state index contributed by atoms with van der Waals surface area (Å²) in [6.07, 6.45) is -4.41. The number of nitrogens with zero attached hydrogens (tertiary/aromatic N) is 1. The predicted molar refractivity (Wildman–Crippen MR) is 70.0 cm³/mol. The lowest BCUT2D eigenvalue weighted by Gasteiger charge is -2.10. The Hall–Kier alpha value is -2.57. The van der Waals surface area contributed by atoms with Crippen LogP contribution in [-0.2, 0) is 6.18 Å². The fourth-order valence-electron chi connectivity index (χ4n) is 1.62. The molecule has 2 aromatic rings. The van der Waals surface area contributed by atoms with Crippen LogP contribution in [-0.4, -0.2) is 7.11 Å². The first-order valence-electron chi connectivity index (χ1n) is 5.80. The van der Waals surface area contributed by atoms with Gasteiger partial charge in [-0.2, -0.15) is 13.2 Å². The summed E-state index contributed by atoms with van der Waals surface area (Å²) in [5, 5.41) is 2.79. The lowest BCUT2D eigenvalue weighted by atomic mass is 10.2. The van der Waals surface area contributed by atoms with Crippen molar-refractivity contribution in [2.45, 2.75) is 6.18 Å². The summed E-state index contributed by atoms with van der Waals surface area (Å²) in [5.41, 5.74) is -0.759. The molecule has 2 rings (SSSR count). The second-order valence-electron chi connectivity index (χ2n) is 4.05. The molecule has 0 saturated heterocycles. The van der Waals surface area contributed by atoms with Gasteiger partial charge in [0.15, 0.2) is 11.4 Å². The van der Waals surface area contributed by atoms with Gasteiger partial charge in [0.25, 0.3) is 0 Å². The Bertz CT molecular complexity index is 639. The minimum Gasteiger partial charge on any atom is -0.497 e. The summed E-state index contributed by atoms with van der Waals surface area (Å²) < 4.78 is 47.7. The van der Waals surface area contributed by atoms with E-state index in [1.807, 2.05) is 0 Å². The Kier molecular flexibility index (Phi) is 4.11. The third-order valence-corrected chi connectivity index (χ3v) is 2.67. The van der Waals surface area contributed by atoms with Gasteiger partial charge >= 0.3 is 6.18 Å². The molecule has 0 aliphatic carbocycles. The standard InChI is InChI=1S/C14H10F3NO3/c1-20-11-6-7-12(18-19)13(8-11)21-10-4-2-9(3-5-10)14(15,16)17/h2-8H,1H3. The number of alkyl halides is 3. The maximum atomic E-state index is 12.5. The van der Waals surface area contributed by atoms with Crippen molar-refractivity contribution < 1.29 is 22.6 Å². The second-order valence-corrected chi connectivity index (χ2v) is 4.05. The molecule has 0 unspecified atom stereocenters. The van der Waals surface area contributed by atoms with Gasteiger partial charge in [0, 0.05) is 6.07 Å². The van der Waals surface area contributed by atoms with E-state index in [-0.39, 0.29) is 17.2 Å². The highest BCUT2D eigenvalue weighted by Crippen LogP contribution is 2.36. The van der Waals surface area contributed by atoms with Crippen LogP contribution in [0.4, 0.5) is 18.9 Å². The third-order valence-electron chi connectivity index (χ3n) is 2.67. The Morgan fingerprint density at radius 2 is 1.62 bits per heavy atom. The summed E-state index contributed by atoms with van der Waals surface area (Å²) in [6.45, 7) is 0. The SMILES string of the molecule is COc1ccc(N=O)c(Oc2ccc(C(F)(F)F)cc2)c1. The molecular weight excluding hydrogens is 287 g/mol. The van der Waals surface area contributed by atoms with Gasteiger partial charge in [0.1, 0.15) is 11.5 Å². The van der Waals surface area contributed by atoms with Gasteiger partial charge < -0.3 is 9.47 Å². The molecule has 0 spiro atoms. The van der Waals surface area contributed by atoms with Gasteiger partial charge in [-0.1, -0.05) is 0 Å². The van der Waals surface area contributed by atoms with Gasteiger partial charge in [-0.25, -0.2) is 0 Å². The van der Waals surface area contributed by atoms with Crippen LogP contribution in [0.25, 0.3) is 0 Å². The lowest BCUT2D eigenvalue weighted by Crippen LogP contribution is -2.04. The van der Waals surface area contributed by atoms with Gasteiger partial charge in [0.2, 0.25) is 0 Å². The van der Waals surface area contributed by atoms with Crippen molar-refractivity contribution in [1.82, 2.24) is 0 Å². The minimum atomic E-state index is -4.41. The Balaban J connectivity index is 2.27. The van der Waals surface area contributed by atoms with Crippen molar-refractivity contribution in [3.05, 3.63) is 52.9 Å². The van der Waals surface area contributed by atoms with Gasteiger partial charge in [-0.15, -0.1) is 4.91 Å². The molecule has 0 fully saturated rings. The molecule has 0 N–H and O–H groups in total. The number of methoxy groups -OCH3 is 1. The van der Waals surface area contributed by atoms with Crippen molar-refractivity contribution in [3.8, 4) is 17.2 Å². The molecule has 0 atom stereocenters. The fraction of sp³-hybridized carbons (Fsp3) is 0.143. The molecule has 0 bridgehead atoms. The van der Waals surface area contributed by atoms with Crippen molar-refractivity contribution >= 4 is 5.69 Å². The zero-order valence-corrected chi connectivity index (χ0v) is 10.8. The Labute approximate surface area is 118 Å². The third kappa shape index (κ3) is 3.50. The molecule has 21 heavy (non-hydrogen) atoms. The van der Waals surface area contributed by atoms with Crippen molar-refractivity contribution in [2.75, 3.05) is 7.11 Å². The van der Waals surface area contributed by atoms with E-state index in [1.54, 1.807) is 0 Å². The van der Waals surface area contributed by atoms with Crippen LogP contribution in [0.2, 0.25) is 0 Å². The molecule has 0 radical (unpaired) electrons. The fourth-order valence-corrected chi connectivity index (χ4v) is 1.62. The monoisotopic (exact) mass is 297 g/mol. The first-order valence-corrected chi connectivity index (χ1v) is 5.80. The van der Waals surface area contributed by atoms with E-state index in [4.69, 9.17) is 9.47 Å². The van der Waals surface area contributed by atoms with Gasteiger partial charge in [-0.05, 0) is 41.6 Å². The van der Waals surface area contributed by atoms with Crippen molar-refractivity contribution in [1.29, 1.82) is 0 Å². The number of rotatable bonds is 4. The molecule has 2 aromatic carbocycles. The highest BCUT2D eigenvalue weighted by molar-refractivity contribution is 5.56. The van der Waals surface area contributed by atoms with Gasteiger partial charge in [-0.3, -0.25) is 0 Å². The van der Waals surface area contributed by atoms with Crippen LogP contribution in [0, 0.1) is 4.91 Å². The number of ether oxygens (including phenoxy) is 2. The summed E-state index contributed by atoms with van der Waals surface area (Å²) >= 11 is 0. The van der Waals surface area contributed by atoms with Crippen molar-refractivity contribution in [3.63, 3.8) is 0 Å². The lowest BCUT2D eigenvalue weighted by molar-refractivity contribution is -0.137. The average molecular weight is 297 g/mol. The predicted octanol–water partition coefficient (Wildman–Crippen LogP) is 4.90. The molecule has 0 saturated carbocycles. The van der Waals surface area contributed by atoms with Crippen LogP contribution in [0.1, 0.15) is 5.56 Å². The Morgan fingerprint density at radius 1 is 1.00 bits per heavy atom. The molecule has 0 amide bonds. The highest BCUT2D eigenvalue weighted by atomic mass is 19.4.